The molecule has 0 aliphatic rings. The summed E-state index contributed by atoms with van der Waals surface area (Å²) in [5.74, 6) is 1.12. The summed E-state index contributed by atoms with van der Waals surface area (Å²) in [6, 6.07) is 24.5. The molecular weight excluding hydrogens is 428 g/mol. The van der Waals surface area contributed by atoms with E-state index in [1.54, 1.807) is 18.3 Å². The second-order valence-electron chi connectivity index (χ2n) is 7.68. The van der Waals surface area contributed by atoms with Gasteiger partial charge in [-0.15, -0.1) is 10.2 Å². The quantitative estimate of drug-likeness (QED) is 0.219. The normalized spacial score (nSPS) is 11.0. The SMILES string of the molecule is CCCCOc1ccc(/C=N/NC(=O)c2ccc(Cn3nnc(-c4ccccc4)n3)cc2)cc1. The molecule has 0 saturated heterocycles. The second-order valence-corrected chi connectivity index (χ2v) is 7.68. The van der Waals surface area contributed by atoms with Gasteiger partial charge in [0.25, 0.3) is 5.91 Å². The minimum atomic E-state index is -0.285. The third-order valence-corrected chi connectivity index (χ3v) is 5.05. The van der Waals surface area contributed by atoms with E-state index in [4.69, 9.17) is 4.74 Å². The fraction of sp³-hybridized carbons (Fsp3) is 0.192. The maximum absolute atomic E-state index is 12.4. The first-order chi connectivity index (χ1) is 16.7. The molecule has 0 unspecified atom stereocenters. The maximum Gasteiger partial charge on any atom is 0.271 e. The van der Waals surface area contributed by atoms with Crippen LogP contribution in [0.4, 0.5) is 0 Å². The molecule has 0 atom stereocenters. The molecule has 0 aliphatic carbocycles. The van der Waals surface area contributed by atoms with Crippen molar-refractivity contribution in [2.75, 3.05) is 6.61 Å². The van der Waals surface area contributed by atoms with E-state index in [9.17, 15) is 4.79 Å². The van der Waals surface area contributed by atoms with E-state index in [0.717, 1.165) is 35.3 Å². The van der Waals surface area contributed by atoms with E-state index in [1.165, 1.54) is 4.80 Å². The molecule has 4 rings (SSSR count). The molecule has 1 N–H and O–H groups in total. The third kappa shape index (κ3) is 6.35. The van der Waals surface area contributed by atoms with Gasteiger partial charge in [-0.25, -0.2) is 5.43 Å². The summed E-state index contributed by atoms with van der Waals surface area (Å²) in [5.41, 5.74) is 5.81. The van der Waals surface area contributed by atoms with Gasteiger partial charge in [0.2, 0.25) is 5.82 Å². The summed E-state index contributed by atoms with van der Waals surface area (Å²) in [6.45, 7) is 3.30. The van der Waals surface area contributed by atoms with Crippen molar-refractivity contribution in [1.29, 1.82) is 0 Å². The number of benzene rings is 3. The molecule has 3 aromatic carbocycles. The lowest BCUT2D eigenvalue weighted by Crippen LogP contribution is -2.17. The number of hydrogen-bond acceptors (Lipinski definition) is 6. The van der Waals surface area contributed by atoms with Crippen molar-refractivity contribution < 1.29 is 9.53 Å². The van der Waals surface area contributed by atoms with Crippen LogP contribution in [0.5, 0.6) is 5.75 Å². The van der Waals surface area contributed by atoms with Crippen molar-refractivity contribution in [2.45, 2.75) is 26.3 Å². The van der Waals surface area contributed by atoms with E-state index in [1.807, 2.05) is 66.7 Å². The number of nitrogens with one attached hydrogen (secondary N) is 1. The van der Waals surface area contributed by atoms with E-state index in [-0.39, 0.29) is 5.91 Å². The van der Waals surface area contributed by atoms with Gasteiger partial charge in [-0.1, -0.05) is 55.8 Å². The number of hydrazone groups is 1. The van der Waals surface area contributed by atoms with Gasteiger partial charge in [0, 0.05) is 11.1 Å². The number of carbonyl (C=O) groups excluding carboxylic acids is 1. The number of rotatable bonds is 10. The highest BCUT2D eigenvalue weighted by Crippen LogP contribution is 2.13. The van der Waals surface area contributed by atoms with Crippen molar-refractivity contribution in [3.05, 3.63) is 95.6 Å². The zero-order chi connectivity index (χ0) is 23.6. The Morgan fingerprint density at radius 1 is 1.03 bits per heavy atom. The summed E-state index contributed by atoms with van der Waals surface area (Å²) in [5, 5.41) is 16.7. The highest BCUT2D eigenvalue weighted by Gasteiger charge is 2.07. The Labute approximate surface area is 198 Å². The van der Waals surface area contributed by atoms with Crippen LogP contribution in [0.2, 0.25) is 0 Å². The van der Waals surface area contributed by atoms with Gasteiger partial charge in [-0.2, -0.15) is 9.90 Å². The van der Waals surface area contributed by atoms with Gasteiger partial charge < -0.3 is 4.74 Å². The number of unbranched alkanes of at least 4 members (excludes halogenated alkanes) is 1. The Balaban J connectivity index is 1.28. The predicted molar refractivity (Wildman–Crippen MR) is 131 cm³/mol. The van der Waals surface area contributed by atoms with Gasteiger partial charge in [-0.05, 0) is 59.2 Å². The fourth-order valence-electron chi connectivity index (χ4n) is 3.15. The monoisotopic (exact) mass is 454 g/mol. The van der Waals surface area contributed by atoms with Crippen LogP contribution >= 0.6 is 0 Å². The molecule has 8 heteroatoms. The van der Waals surface area contributed by atoms with Crippen LogP contribution in [-0.4, -0.2) is 38.9 Å². The van der Waals surface area contributed by atoms with Crippen LogP contribution in [0.3, 0.4) is 0 Å². The lowest BCUT2D eigenvalue weighted by molar-refractivity contribution is 0.0955. The molecule has 4 aromatic rings. The molecule has 1 heterocycles. The third-order valence-electron chi connectivity index (χ3n) is 5.05. The van der Waals surface area contributed by atoms with Gasteiger partial charge >= 0.3 is 0 Å². The number of hydrogen-bond donors (Lipinski definition) is 1. The summed E-state index contributed by atoms with van der Waals surface area (Å²) in [7, 11) is 0. The first-order valence-electron chi connectivity index (χ1n) is 11.2. The largest absolute Gasteiger partial charge is 0.494 e. The van der Waals surface area contributed by atoms with Crippen LogP contribution < -0.4 is 10.2 Å². The number of amides is 1. The number of aromatic nitrogens is 4. The molecule has 1 aromatic heterocycles. The summed E-state index contributed by atoms with van der Waals surface area (Å²) in [6.07, 6.45) is 3.73. The predicted octanol–water partition coefficient (Wildman–Crippen LogP) is 4.33. The standard InChI is InChI=1S/C26H26N6O2/c1-2-3-17-34-24-15-11-20(12-16-24)18-27-29-26(33)23-13-9-21(10-14-23)19-32-30-25(28-31-32)22-7-5-4-6-8-22/h4-16,18H,2-3,17,19H2,1H3,(H,29,33)/b27-18+. The van der Waals surface area contributed by atoms with Crippen LogP contribution in [0.1, 0.15) is 41.3 Å². The molecule has 0 radical (unpaired) electrons. The minimum absolute atomic E-state index is 0.285. The van der Waals surface area contributed by atoms with E-state index < -0.39 is 0 Å². The lowest BCUT2D eigenvalue weighted by atomic mass is 10.1. The van der Waals surface area contributed by atoms with Crippen LogP contribution in [0.25, 0.3) is 11.4 Å². The van der Waals surface area contributed by atoms with Crippen LogP contribution in [0, 0.1) is 0 Å². The van der Waals surface area contributed by atoms with Crippen molar-refractivity contribution in [2.24, 2.45) is 5.10 Å². The first-order valence-corrected chi connectivity index (χ1v) is 11.2. The maximum atomic E-state index is 12.4. The molecule has 0 spiro atoms. The number of ether oxygens (including phenoxy) is 1. The Kier molecular flexibility index (Phi) is 7.74. The molecule has 0 saturated carbocycles. The van der Waals surface area contributed by atoms with E-state index >= 15 is 0 Å². The van der Waals surface area contributed by atoms with Gasteiger partial charge in [0.1, 0.15) is 5.75 Å². The number of carbonyl (C=O) groups is 1. The van der Waals surface area contributed by atoms with Crippen molar-refractivity contribution in [1.82, 2.24) is 25.6 Å². The molecule has 172 valence electrons. The zero-order valence-corrected chi connectivity index (χ0v) is 19.0. The lowest BCUT2D eigenvalue weighted by Gasteiger charge is -2.05. The molecule has 34 heavy (non-hydrogen) atoms. The average molecular weight is 455 g/mol. The van der Waals surface area contributed by atoms with Crippen LogP contribution in [0.15, 0.2) is 84.0 Å². The molecule has 0 fully saturated rings. The summed E-state index contributed by atoms with van der Waals surface area (Å²) >= 11 is 0. The van der Waals surface area contributed by atoms with Crippen LogP contribution in [-0.2, 0) is 6.54 Å². The minimum Gasteiger partial charge on any atom is -0.494 e. The van der Waals surface area contributed by atoms with E-state index in [0.29, 0.717) is 24.5 Å². The fourth-order valence-corrected chi connectivity index (χ4v) is 3.15. The van der Waals surface area contributed by atoms with Gasteiger partial charge in [-0.3, -0.25) is 4.79 Å². The Hall–Kier alpha value is -4.33. The van der Waals surface area contributed by atoms with Gasteiger partial charge in [0.05, 0.1) is 19.4 Å². The summed E-state index contributed by atoms with van der Waals surface area (Å²) in [4.78, 5) is 13.9. The van der Waals surface area contributed by atoms with Crippen molar-refractivity contribution in [3.63, 3.8) is 0 Å². The highest BCUT2D eigenvalue weighted by atomic mass is 16.5. The second kappa shape index (κ2) is 11.5. The smallest absolute Gasteiger partial charge is 0.271 e. The van der Waals surface area contributed by atoms with E-state index in [2.05, 4.69) is 32.9 Å². The average Bonchev–Trinajstić information content (AvgIpc) is 3.34. The number of nitrogens with zero attached hydrogens (tertiary/aromatic N) is 5. The Morgan fingerprint density at radius 2 is 1.79 bits per heavy atom. The summed E-state index contributed by atoms with van der Waals surface area (Å²) < 4.78 is 5.64. The van der Waals surface area contributed by atoms with Crippen molar-refractivity contribution >= 4 is 12.1 Å². The topological polar surface area (TPSA) is 94.3 Å². The molecule has 1 amide bonds. The van der Waals surface area contributed by atoms with Crippen molar-refractivity contribution in [3.8, 4) is 17.1 Å². The molecule has 0 bridgehead atoms. The zero-order valence-electron chi connectivity index (χ0n) is 19.0. The van der Waals surface area contributed by atoms with Gasteiger partial charge in [0.15, 0.2) is 0 Å². The Bertz CT molecular complexity index is 1220. The first kappa shape index (κ1) is 22.8. The molecular formula is C26H26N6O2. The molecule has 0 aliphatic heterocycles. The number of tetrazole rings is 1. The molecule has 8 nitrogen and oxygen atoms in total. The highest BCUT2D eigenvalue weighted by molar-refractivity contribution is 5.94. The Morgan fingerprint density at radius 3 is 2.53 bits per heavy atom.